The molecular weight excluding hydrogens is 230 g/mol. The molecule has 0 aliphatic heterocycles. The number of carbonyl (C=O) groups is 2. The highest BCUT2D eigenvalue weighted by atomic mass is 16.2. The van der Waals surface area contributed by atoms with Crippen molar-refractivity contribution in [3.8, 4) is 0 Å². The first-order valence-electron chi connectivity index (χ1n) is 6.10. The van der Waals surface area contributed by atoms with Crippen LogP contribution in [0.5, 0.6) is 0 Å². The number of pyridine rings is 1. The number of rotatable bonds is 5. The molecule has 1 aromatic heterocycles. The maximum absolute atomic E-state index is 11.7. The van der Waals surface area contributed by atoms with Crippen molar-refractivity contribution >= 4 is 11.8 Å². The molecule has 0 saturated heterocycles. The van der Waals surface area contributed by atoms with Gasteiger partial charge in [-0.3, -0.25) is 14.6 Å². The summed E-state index contributed by atoms with van der Waals surface area (Å²) >= 11 is 0. The number of hydrogen-bond acceptors (Lipinski definition) is 3. The Morgan fingerprint density at radius 1 is 1.44 bits per heavy atom. The molecule has 1 heterocycles. The van der Waals surface area contributed by atoms with Crippen LogP contribution < -0.4 is 5.32 Å². The normalized spacial score (nSPS) is 14.1. The van der Waals surface area contributed by atoms with E-state index in [1.165, 1.54) is 6.92 Å². The average molecular weight is 247 g/mol. The Morgan fingerprint density at radius 2 is 2.22 bits per heavy atom. The summed E-state index contributed by atoms with van der Waals surface area (Å²) in [4.78, 5) is 28.8. The van der Waals surface area contributed by atoms with Gasteiger partial charge in [0.25, 0.3) is 0 Å². The van der Waals surface area contributed by atoms with Crippen LogP contribution in [-0.4, -0.2) is 34.3 Å². The van der Waals surface area contributed by atoms with Gasteiger partial charge in [0.05, 0.1) is 18.8 Å². The molecule has 0 unspecified atom stereocenters. The van der Waals surface area contributed by atoms with Crippen molar-refractivity contribution in [1.82, 2.24) is 15.2 Å². The third-order valence-corrected chi connectivity index (χ3v) is 2.90. The molecular formula is C13H17N3O2. The van der Waals surface area contributed by atoms with Gasteiger partial charge < -0.3 is 10.2 Å². The van der Waals surface area contributed by atoms with Crippen molar-refractivity contribution in [1.29, 1.82) is 0 Å². The quantitative estimate of drug-likeness (QED) is 0.833. The number of hydrogen-bond donors (Lipinski definition) is 1. The maximum Gasteiger partial charge on any atom is 0.239 e. The van der Waals surface area contributed by atoms with Crippen LogP contribution in [0.15, 0.2) is 24.4 Å². The smallest absolute Gasteiger partial charge is 0.239 e. The molecule has 18 heavy (non-hydrogen) atoms. The SMILES string of the molecule is CC(=O)N(CC(=O)NCc1ccccn1)C1CC1. The predicted molar refractivity (Wildman–Crippen MR) is 66.5 cm³/mol. The van der Waals surface area contributed by atoms with Gasteiger partial charge in [-0.2, -0.15) is 0 Å². The van der Waals surface area contributed by atoms with Gasteiger partial charge in [-0.25, -0.2) is 0 Å². The van der Waals surface area contributed by atoms with Gasteiger partial charge in [-0.15, -0.1) is 0 Å². The van der Waals surface area contributed by atoms with Gasteiger partial charge in [-0.1, -0.05) is 6.07 Å². The van der Waals surface area contributed by atoms with Crippen LogP contribution >= 0.6 is 0 Å². The summed E-state index contributed by atoms with van der Waals surface area (Å²) in [5.41, 5.74) is 0.812. The third kappa shape index (κ3) is 3.55. The average Bonchev–Trinajstić information content (AvgIpc) is 3.18. The zero-order valence-electron chi connectivity index (χ0n) is 10.4. The third-order valence-electron chi connectivity index (χ3n) is 2.90. The molecule has 1 saturated carbocycles. The lowest BCUT2D eigenvalue weighted by atomic mass is 10.3. The van der Waals surface area contributed by atoms with Crippen LogP contribution in [0.2, 0.25) is 0 Å². The van der Waals surface area contributed by atoms with E-state index in [-0.39, 0.29) is 24.4 Å². The molecule has 2 amide bonds. The second kappa shape index (κ2) is 5.62. The van der Waals surface area contributed by atoms with Crippen LogP contribution in [0.3, 0.4) is 0 Å². The Bertz CT molecular complexity index is 429. The van der Waals surface area contributed by atoms with Crippen LogP contribution in [0.1, 0.15) is 25.5 Å². The molecule has 0 aromatic carbocycles. The number of nitrogens with one attached hydrogen (secondary N) is 1. The van der Waals surface area contributed by atoms with Crippen LogP contribution in [0.25, 0.3) is 0 Å². The fourth-order valence-electron chi connectivity index (χ4n) is 1.79. The summed E-state index contributed by atoms with van der Waals surface area (Å²) in [6.07, 6.45) is 3.70. The molecule has 1 aromatic rings. The Kier molecular flexibility index (Phi) is 3.92. The summed E-state index contributed by atoms with van der Waals surface area (Å²) in [6, 6.07) is 5.82. The predicted octanol–water partition coefficient (Wildman–Crippen LogP) is 0.709. The van der Waals surface area contributed by atoms with Crippen molar-refractivity contribution in [3.05, 3.63) is 30.1 Å². The molecule has 5 nitrogen and oxygen atoms in total. The monoisotopic (exact) mass is 247 g/mol. The van der Waals surface area contributed by atoms with E-state index in [1.54, 1.807) is 11.1 Å². The Morgan fingerprint density at radius 3 is 2.78 bits per heavy atom. The zero-order chi connectivity index (χ0) is 13.0. The highest BCUT2D eigenvalue weighted by Crippen LogP contribution is 2.26. The lowest BCUT2D eigenvalue weighted by Crippen LogP contribution is -2.40. The highest BCUT2D eigenvalue weighted by Gasteiger charge is 2.31. The van der Waals surface area contributed by atoms with Crippen LogP contribution in [-0.2, 0) is 16.1 Å². The van der Waals surface area contributed by atoms with E-state index >= 15 is 0 Å². The minimum absolute atomic E-state index is 0.0366. The molecule has 1 N–H and O–H groups in total. The molecule has 0 bridgehead atoms. The molecule has 1 aliphatic rings. The summed E-state index contributed by atoms with van der Waals surface area (Å²) in [5, 5.41) is 2.77. The minimum Gasteiger partial charge on any atom is -0.349 e. The van der Waals surface area contributed by atoms with Crippen LogP contribution in [0.4, 0.5) is 0 Å². The first-order chi connectivity index (χ1) is 8.66. The van der Waals surface area contributed by atoms with E-state index in [0.717, 1.165) is 18.5 Å². The molecule has 0 spiro atoms. The van der Waals surface area contributed by atoms with Crippen molar-refractivity contribution in [2.45, 2.75) is 32.4 Å². The van der Waals surface area contributed by atoms with Crippen molar-refractivity contribution in [3.63, 3.8) is 0 Å². The summed E-state index contributed by atoms with van der Waals surface area (Å²) in [6.45, 7) is 2.05. The lowest BCUT2D eigenvalue weighted by Gasteiger charge is -2.19. The van der Waals surface area contributed by atoms with E-state index < -0.39 is 0 Å². The molecule has 96 valence electrons. The molecule has 0 atom stereocenters. The molecule has 2 rings (SSSR count). The van der Waals surface area contributed by atoms with Gasteiger partial charge in [-0.05, 0) is 25.0 Å². The Labute approximate surface area is 106 Å². The van der Waals surface area contributed by atoms with E-state index in [4.69, 9.17) is 0 Å². The number of aromatic nitrogens is 1. The molecule has 5 heteroatoms. The molecule has 1 fully saturated rings. The molecule has 1 aliphatic carbocycles. The van der Waals surface area contributed by atoms with E-state index in [0.29, 0.717) is 6.54 Å². The fraction of sp³-hybridized carbons (Fsp3) is 0.462. The first kappa shape index (κ1) is 12.5. The standard InChI is InChI=1S/C13H17N3O2/c1-10(17)16(12-5-6-12)9-13(18)15-8-11-4-2-3-7-14-11/h2-4,7,12H,5-6,8-9H2,1H3,(H,15,18). The van der Waals surface area contributed by atoms with Gasteiger partial charge in [0, 0.05) is 19.2 Å². The van der Waals surface area contributed by atoms with E-state index in [2.05, 4.69) is 10.3 Å². The highest BCUT2D eigenvalue weighted by molar-refractivity contribution is 5.84. The minimum atomic E-state index is -0.136. The number of carbonyl (C=O) groups excluding carboxylic acids is 2. The van der Waals surface area contributed by atoms with Crippen molar-refractivity contribution < 1.29 is 9.59 Å². The molecule has 0 radical (unpaired) electrons. The van der Waals surface area contributed by atoms with E-state index in [1.807, 2.05) is 18.2 Å². The number of amides is 2. The lowest BCUT2D eigenvalue weighted by molar-refractivity contribution is -0.134. The Balaban J connectivity index is 1.79. The summed E-state index contributed by atoms with van der Waals surface area (Å²) < 4.78 is 0. The largest absolute Gasteiger partial charge is 0.349 e. The van der Waals surface area contributed by atoms with Crippen molar-refractivity contribution in [2.24, 2.45) is 0 Å². The van der Waals surface area contributed by atoms with Crippen molar-refractivity contribution in [2.75, 3.05) is 6.54 Å². The first-order valence-corrected chi connectivity index (χ1v) is 6.10. The summed E-state index contributed by atoms with van der Waals surface area (Å²) in [5.74, 6) is -0.173. The topological polar surface area (TPSA) is 62.3 Å². The van der Waals surface area contributed by atoms with Gasteiger partial charge >= 0.3 is 0 Å². The second-order valence-corrected chi connectivity index (χ2v) is 4.48. The zero-order valence-corrected chi connectivity index (χ0v) is 10.4. The fourth-order valence-corrected chi connectivity index (χ4v) is 1.79. The summed E-state index contributed by atoms with van der Waals surface area (Å²) in [7, 11) is 0. The van der Waals surface area contributed by atoms with Gasteiger partial charge in [0.15, 0.2) is 0 Å². The van der Waals surface area contributed by atoms with E-state index in [9.17, 15) is 9.59 Å². The second-order valence-electron chi connectivity index (χ2n) is 4.48. The van der Waals surface area contributed by atoms with Gasteiger partial charge in [0.1, 0.15) is 0 Å². The maximum atomic E-state index is 11.7. The van der Waals surface area contributed by atoms with Crippen LogP contribution in [0, 0.1) is 0 Å². The number of nitrogens with zero attached hydrogens (tertiary/aromatic N) is 2. The van der Waals surface area contributed by atoms with Gasteiger partial charge in [0.2, 0.25) is 11.8 Å². The Hall–Kier alpha value is -1.91.